The molecule has 0 saturated heterocycles. The van der Waals surface area contributed by atoms with Gasteiger partial charge in [-0.05, 0) is 19.9 Å². The van der Waals surface area contributed by atoms with Crippen molar-refractivity contribution >= 4 is 12.4 Å². The highest BCUT2D eigenvalue weighted by atomic mass is 35.5. The minimum Gasteiger partial charge on any atom is -0.379 e. The summed E-state index contributed by atoms with van der Waals surface area (Å²) < 4.78 is 5.41. The average Bonchev–Trinajstić information content (AvgIpc) is 2.52. The molecule has 1 fully saturated rings. The van der Waals surface area contributed by atoms with Gasteiger partial charge >= 0.3 is 0 Å². The number of likely N-dealkylation sites (N-methyl/N-ethyl adjacent to an activating group) is 1. The Labute approximate surface area is 106 Å². The summed E-state index contributed by atoms with van der Waals surface area (Å²) in [6.07, 6.45) is 8.39. The van der Waals surface area contributed by atoms with Crippen LogP contribution < -0.4 is 5.73 Å². The number of nitrogens with two attached hydrogens (primary N) is 1. The van der Waals surface area contributed by atoms with Gasteiger partial charge in [0.25, 0.3) is 0 Å². The molecule has 0 unspecified atom stereocenters. The largest absolute Gasteiger partial charge is 0.379 e. The molecule has 0 aliphatic heterocycles. The molecular weight excluding hydrogens is 224 g/mol. The minimum absolute atomic E-state index is 0. The maximum atomic E-state index is 5.41. The fourth-order valence-corrected chi connectivity index (χ4v) is 2.28. The molecule has 1 rings (SSSR count). The smallest absolute Gasteiger partial charge is 0.0594 e. The molecule has 0 bridgehead atoms. The Balaban J connectivity index is 0.00000225. The zero-order valence-electron chi connectivity index (χ0n) is 10.5. The third-order valence-electron chi connectivity index (χ3n) is 3.30. The monoisotopic (exact) mass is 250 g/mol. The maximum Gasteiger partial charge on any atom is 0.0594 e. The summed E-state index contributed by atoms with van der Waals surface area (Å²) in [6, 6.07) is 0.786. The molecule has 0 amide bonds. The Kier molecular flexibility index (Phi) is 10.4. The Morgan fingerprint density at radius 2 is 1.75 bits per heavy atom. The van der Waals surface area contributed by atoms with Crippen LogP contribution in [0.5, 0.6) is 0 Å². The molecule has 4 heteroatoms. The first kappa shape index (κ1) is 16.2. The number of halogens is 1. The zero-order chi connectivity index (χ0) is 10.9. The maximum absolute atomic E-state index is 5.41. The van der Waals surface area contributed by atoms with E-state index in [9.17, 15) is 0 Å². The van der Waals surface area contributed by atoms with Gasteiger partial charge in [0.2, 0.25) is 0 Å². The lowest BCUT2D eigenvalue weighted by atomic mass is 10.1. The Morgan fingerprint density at radius 3 is 2.31 bits per heavy atom. The quantitative estimate of drug-likeness (QED) is 0.579. The molecule has 0 spiro atoms. The molecular formula is C12H27ClN2O. The van der Waals surface area contributed by atoms with E-state index in [1.54, 1.807) is 0 Å². The van der Waals surface area contributed by atoms with Crippen LogP contribution in [0.15, 0.2) is 0 Å². The minimum atomic E-state index is 0. The van der Waals surface area contributed by atoms with Crippen LogP contribution in [0.2, 0.25) is 0 Å². The van der Waals surface area contributed by atoms with Gasteiger partial charge in [0.05, 0.1) is 13.2 Å². The van der Waals surface area contributed by atoms with Crippen LogP contribution in [0.4, 0.5) is 0 Å². The number of nitrogens with zero attached hydrogens (tertiary/aromatic N) is 1. The van der Waals surface area contributed by atoms with Gasteiger partial charge in [-0.15, -0.1) is 12.4 Å². The molecule has 16 heavy (non-hydrogen) atoms. The second-order valence-electron chi connectivity index (χ2n) is 4.53. The molecule has 3 nitrogen and oxygen atoms in total. The van der Waals surface area contributed by atoms with Crippen molar-refractivity contribution in [3.8, 4) is 0 Å². The van der Waals surface area contributed by atoms with Crippen molar-refractivity contribution in [2.45, 2.75) is 44.6 Å². The summed E-state index contributed by atoms with van der Waals surface area (Å²) in [5.41, 5.74) is 5.37. The van der Waals surface area contributed by atoms with Gasteiger partial charge in [-0.1, -0.05) is 25.7 Å². The fraction of sp³-hybridized carbons (Fsp3) is 1.00. The second-order valence-corrected chi connectivity index (χ2v) is 4.53. The van der Waals surface area contributed by atoms with Crippen LogP contribution in [0, 0.1) is 0 Å². The molecule has 98 valence electrons. The summed E-state index contributed by atoms with van der Waals surface area (Å²) in [6.45, 7) is 3.19. The molecule has 0 atom stereocenters. The van der Waals surface area contributed by atoms with E-state index in [0.29, 0.717) is 13.2 Å². The summed E-state index contributed by atoms with van der Waals surface area (Å²) in [5.74, 6) is 0. The van der Waals surface area contributed by atoms with E-state index in [2.05, 4.69) is 11.9 Å². The van der Waals surface area contributed by atoms with E-state index < -0.39 is 0 Å². The number of ether oxygens (including phenoxy) is 1. The van der Waals surface area contributed by atoms with Gasteiger partial charge in [-0.25, -0.2) is 0 Å². The molecule has 0 aromatic carbocycles. The van der Waals surface area contributed by atoms with Gasteiger partial charge in [0, 0.05) is 19.1 Å². The summed E-state index contributed by atoms with van der Waals surface area (Å²) >= 11 is 0. The summed E-state index contributed by atoms with van der Waals surface area (Å²) in [5, 5.41) is 0. The SMILES string of the molecule is CN(CCOCCN)C1CCCCCC1.Cl. The van der Waals surface area contributed by atoms with Crippen molar-refractivity contribution in [3.05, 3.63) is 0 Å². The predicted molar refractivity (Wildman–Crippen MR) is 71.2 cm³/mol. The van der Waals surface area contributed by atoms with Gasteiger partial charge in [-0.2, -0.15) is 0 Å². The number of hydrogen-bond donors (Lipinski definition) is 1. The second kappa shape index (κ2) is 10.3. The van der Waals surface area contributed by atoms with Crippen molar-refractivity contribution in [2.24, 2.45) is 5.73 Å². The lowest BCUT2D eigenvalue weighted by molar-refractivity contribution is 0.0997. The topological polar surface area (TPSA) is 38.5 Å². The van der Waals surface area contributed by atoms with E-state index in [0.717, 1.165) is 19.2 Å². The lowest BCUT2D eigenvalue weighted by Crippen LogP contribution is -2.34. The highest BCUT2D eigenvalue weighted by Crippen LogP contribution is 2.20. The van der Waals surface area contributed by atoms with Gasteiger partial charge < -0.3 is 15.4 Å². The Bertz CT molecular complexity index is 150. The third kappa shape index (κ3) is 6.69. The summed E-state index contributed by atoms with van der Waals surface area (Å²) in [7, 11) is 2.22. The first-order valence-electron chi connectivity index (χ1n) is 6.32. The molecule has 0 heterocycles. The van der Waals surface area contributed by atoms with Crippen LogP contribution in [0.3, 0.4) is 0 Å². The van der Waals surface area contributed by atoms with E-state index in [4.69, 9.17) is 10.5 Å². The van der Waals surface area contributed by atoms with Crippen LogP contribution in [0.25, 0.3) is 0 Å². The molecule has 1 aliphatic rings. The molecule has 1 saturated carbocycles. The number of hydrogen-bond acceptors (Lipinski definition) is 3. The molecule has 0 radical (unpaired) electrons. The third-order valence-corrected chi connectivity index (χ3v) is 3.30. The molecule has 2 N–H and O–H groups in total. The Morgan fingerprint density at radius 1 is 1.12 bits per heavy atom. The highest BCUT2D eigenvalue weighted by molar-refractivity contribution is 5.85. The van der Waals surface area contributed by atoms with Crippen molar-refractivity contribution < 1.29 is 4.74 Å². The van der Waals surface area contributed by atoms with Crippen LogP contribution in [-0.2, 0) is 4.74 Å². The van der Waals surface area contributed by atoms with E-state index in [-0.39, 0.29) is 12.4 Å². The first-order valence-corrected chi connectivity index (χ1v) is 6.32. The van der Waals surface area contributed by atoms with Gasteiger partial charge in [-0.3, -0.25) is 0 Å². The van der Waals surface area contributed by atoms with Crippen molar-refractivity contribution in [1.29, 1.82) is 0 Å². The molecule has 0 aromatic rings. The van der Waals surface area contributed by atoms with E-state index >= 15 is 0 Å². The van der Waals surface area contributed by atoms with Crippen LogP contribution >= 0.6 is 12.4 Å². The standard InChI is InChI=1S/C12H26N2O.ClH/c1-14(9-11-15-10-8-13)12-6-4-2-3-5-7-12;/h12H,2-11,13H2,1H3;1H. The van der Waals surface area contributed by atoms with Crippen LogP contribution in [0.1, 0.15) is 38.5 Å². The number of rotatable bonds is 6. The van der Waals surface area contributed by atoms with Gasteiger partial charge in [0.1, 0.15) is 0 Å². The average molecular weight is 251 g/mol. The summed E-state index contributed by atoms with van der Waals surface area (Å²) in [4.78, 5) is 2.46. The van der Waals surface area contributed by atoms with E-state index in [1.807, 2.05) is 0 Å². The predicted octanol–water partition coefficient (Wildman–Crippen LogP) is 2.04. The highest BCUT2D eigenvalue weighted by Gasteiger charge is 2.16. The van der Waals surface area contributed by atoms with Crippen molar-refractivity contribution in [2.75, 3.05) is 33.4 Å². The Hall–Kier alpha value is 0.170. The fourth-order valence-electron chi connectivity index (χ4n) is 2.28. The van der Waals surface area contributed by atoms with E-state index in [1.165, 1.54) is 38.5 Å². The van der Waals surface area contributed by atoms with Gasteiger partial charge in [0.15, 0.2) is 0 Å². The lowest BCUT2D eigenvalue weighted by Gasteiger charge is -2.26. The molecule has 1 aliphatic carbocycles. The van der Waals surface area contributed by atoms with Crippen molar-refractivity contribution in [3.63, 3.8) is 0 Å². The zero-order valence-corrected chi connectivity index (χ0v) is 11.3. The van der Waals surface area contributed by atoms with Crippen molar-refractivity contribution in [1.82, 2.24) is 4.90 Å². The first-order chi connectivity index (χ1) is 7.34. The normalized spacial score (nSPS) is 18.2. The molecule has 0 aromatic heterocycles. The van der Waals surface area contributed by atoms with Crippen LogP contribution in [-0.4, -0.2) is 44.3 Å².